The Kier molecular flexibility index (Phi) is 13.3. The van der Waals surface area contributed by atoms with E-state index in [1.165, 1.54) is 52.1 Å². The molecule has 0 atom stereocenters. The van der Waals surface area contributed by atoms with Gasteiger partial charge in [0.05, 0.1) is 26.0 Å². The maximum absolute atomic E-state index is 12.8. The third-order valence-electron chi connectivity index (χ3n) is 5.68. The Morgan fingerprint density at radius 2 is 1.43 bits per heavy atom. The van der Waals surface area contributed by atoms with Crippen molar-refractivity contribution in [3.63, 3.8) is 0 Å². The van der Waals surface area contributed by atoms with Gasteiger partial charge < -0.3 is 24.8 Å². The summed E-state index contributed by atoms with van der Waals surface area (Å²) in [4.78, 5) is 25.1. The van der Waals surface area contributed by atoms with Crippen molar-refractivity contribution in [1.29, 1.82) is 0 Å². The first-order chi connectivity index (χ1) is 17.1. The van der Waals surface area contributed by atoms with Gasteiger partial charge in [0, 0.05) is 24.8 Å². The average Bonchev–Trinajstić information content (AvgIpc) is 2.88. The summed E-state index contributed by atoms with van der Waals surface area (Å²) in [5.41, 5.74) is 1.33. The van der Waals surface area contributed by atoms with Crippen molar-refractivity contribution in [2.75, 3.05) is 39.3 Å². The van der Waals surface area contributed by atoms with Crippen LogP contribution in [0.25, 0.3) is 0 Å². The van der Waals surface area contributed by atoms with Crippen LogP contribution >= 0.6 is 0 Å². The van der Waals surface area contributed by atoms with Gasteiger partial charge in [0.1, 0.15) is 11.5 Å². The van der Waals surface area contributed by atoms with Crippen LogP contribution in [-0.4, -0.2) is 45.8 Å². The van der Waals surface area contributed by atoms with E-state index >= 15 is 0 Å². The maximum atomic E-state index is 12.8. The second kappa shape index (κ2) is 16.5. The number of hydrogen-bond acceptors (Lipinski definition) is 5. The van der Waals surface area contributed by atoms with E-state index in [-0.39, 0.29) is 11.8 Å². The Hall–Kier alpha value is -3.06. The fraction of sp³-hybridized carbons (Fsp3) is 0.500. The topological polar surface area (TPSA) is 85.9 Å². The van der Waals surface area contributed by atoms with Crippen molar-refractivity contribution in [2.24, 2.45) is 0 Å². The standard InChI is InChI=1S/C28H40N2O5/c1-4-5-6-7-8-9-10-11-19-35-24-15-12-22(13-16-24)28(32)30-25-21-23(14-17-26(25)34-3)27(31)29-18-20-33-2/h12-17,21H,4-11,18-20H2,1-3H3,(H,29,31)(H,30,32). The number of methoxy groups -OCH3 is 2. The zero-order valence-corrected chi connectivity index (χ0v) is 21.4. The van der Waals surface area contributed by atoms with Gasteiger partial charge in [0.15, 0.2) is 0 Å². The fourth-order valence-corrected chi connectivity index (χ4v) is 3.64. The SMILES string of the molecule is CCCCCCCCCCOc1ccc(C(=O)Nc2cc(C(=O)NCCOC)ccc2OC)cc1. The molecule has 0 radical (unpaired) electrons. The Bertz CT molecular complexity index is 899. The van der Waals surface area contributed by atoms with E-state index in [1.807, 2.05) is 0 Å². The van der Waals surface area contributed by atoms with Crippen molar-refractivity contribution in [3.8, 4) is 11.5 Å². The molecule has 0 aliphatic carbocycles. The largest absolute Gasteiger partial charge is 0.495 e. The Morgan fingerprint density at radius 1 is 0.771 bits per heavy atom. The number of rotatable bonds is 17. The lowest BCUT2D eigenvalue weighted by Gasteiger charge is -2.13. The molecular formula is C28H40N2O5. The molecule has 0 saturated carbocycles. The summed E-state index contributed by atoms with van der Waals surface area (Å²) in [6, 6.07) is 12.0. The van der Waals surface area contributed by atoms with Gasteiger partial charge in [-0.05, 0) is 48.9 Å². The summed E-state index contributed by atoms with van der Waals surface area (Å²) >= 11 is 0. The third kappa shape index (κ3) is 10.4. The first-order valence-electron chi connectivity index (χ1n) is 12.6. The predicted octanol–water partition coefficient (Wildman–Crippen LogP) is 5.84. The highest BCUT2D eigenvalue weighted by Gasteiger charge is 2.14. The predicted molar refractivity (Wildman–Crippen MR) is 140 cm³/mol. The number of ether oxygens (including phenoxy) is 3. The molecule has 7 nitrogen and oxygen atoms in total. The van der Waals surface area contributed by atoms with E-state index in [4.69, 9.17) is 14.2 Å². The molecule has 0 saturated heterocycles. The van der Waals surface area contributed by atoms with Crippen LogP contribution in [0.5, 0.6) is 11.5 Å². The quantitative estimate of drug-likeness (QED) is 0.275. The summed E-state index contributed by atoms with van der Waals surface area (Å²) in [6.45, 7) is 3.73. The van der Waals surface area contributed by atoms with Crippen LogP contribution in [-0.2, 0) is 4.74 Å². The molecule has 2 rings (SSSR count). The van der Waals surface area contributed by atoms with E-state index in [9.17, 15) is 9.59 Å². The zero-order valence-electron chi connectivity index (χ0n) is 21.4. The van der Waals surface area contributed by atoms with E-state index in [1.54, 1.807) is 49.6 Å². The van der Waals surface area contributed by atoms with Crippen LogP contribution < -0.4 is 20.1 Å². The molecule has 0 unspecified atom stereocenters. The number of nitrogens with one attached hydrogen (secondary N) is 2. The third-order valence-corrected chi connectivity index (χ3v) is 5.68. The molecule has 0 aromatic heterocycles. The number of amides is 2. The van der Waals surface area contributed by atoms with Crippen molar-refractivity contribution >= 4 is 17.5 Å². The summed E-state index contributed by atoms with van der Waals surface area (Å²) in [6.07, 6.45) is 10.1. The van der Waals surface area contributed by atoms with Gasteiger partial charge in [-0.1, -0.05) is 51.9 Å². The van der Waals surface area contributed by atoms with Gasteiger partial charge in [-0.25, -0.2) is 0 Å². The molecule has 0 fully saturated rings. The lowest BCUT2D eigenvalue weighted by atomic mass is 10.1. The van der Waals surface area contributed by atoms with Crippen LogP contribution in [0.15, 0.2) is 42.5 Å². The highest BCUT2D eigenvalue weighted by Crippen LogP contribution is 2.26. The number of anilines is 1. The monoisotopic (exact) mass is 484 g/mol. The Morgan fingerprint density at radius 3 is 2.09 bits per heavy atom. The van der Waals surface area contributed by atoms with E-state index in [2.05, 4.69) is 17.6 Å². The summed E-state index contributed by atoms with van der Waals surface area (Å²) in [7, 11) is 3.09. The number of unbranched alkanes of at least 4 members (excludes halogenated alkanes) is 7. The normalized spacial score (nSPS) is 10.6. The number of benzene rings is 2. The highest BCUT2D eigenvalue weighted by molar-refractivity contribution is 6.06. The van der Waals surface area contributed by atoms with E-state index in [0.717, 1.165) is 12.2 Å². The van der Waals surface area contributed by atoms with Gasteiger partial charge in [0.25, 0.3) is 11.8 Å². The van der Waals surface area contributed by atoms with Gasteiger partial charge in [0.2, 0.25) is 0 Å². The summed E-state index contributed by atoms with van der Waals surface area (Å²) in [5, 5.41) is 5.60. The van der Waals surface area contributed by atoms with Crippen LogP contribution in [0, 0.1) is 0 Å². The van der Waals surface area contributed by atoms with Crippen LogP contribution in [0.1, 0.15) is 79.0 Å². The molecule has 2 N–H and O–H groups in total. The maximum Gasteiger partial charge on any atom is 0.255 e. The summed E-state index contributed by atoms with van der Waals surface area (Å²) < 4.78 is 16.1. The lowest BCUT2D eigenvalue weighted by molar-refractivity contribution is 0.0936. The molecule has 7 heteroatoms. The van der Waals surface area contributed by atoms with Gasteiger partial charge in [-0.15, -0.1) is 0 Å². The molecule has 0 bridgehead atoms. The van der Waals surface area contributed by atoms with Crippen molar-refractivity contribution in [2.45, 2.75) is 58.3 Å². The minimum Gasteiger partial charge on any atom is -0.495 e. The first-order valence-corrected chi connectivity index (χ1v) is 12.6. The molecule has 35 heavy (non-hydrogen) atoms. The minimum absolute atomic E-state index is 0.252. The molecule has 2 aromatic rings. The van der Waals surface area contributed by atoms with Crippen molar-refractivity contribution in [3.05, 3.63) is 53.6 Å². The summed E-state index contributed by atoms with van der Waals surface area (Å²) in [5.74, 6) is 0.668. The second-order valence-electron chi connectivity index (χ2n) is 8.47. The highest BCUT2D eigenvalue weighted by atomic mass is 16.5. The molecular weight excluding hydrogens is 444 g/mol. The Balaban J connectivity index is 1.83. The van der Waals surface area contributed by atoms with Gasteiger partial charge in [-0.2, -0.15) is 0 Å². The number of carbonyl (C=O) groups is 2. The number of carbonyl (C=O) groups excluding carboxylic acids is 2. The van der Waals surface area contributed by atoms with Crippen LogP contribution in [0.2, 0.25) is 0 Å². The fourth-order valence-electron chi connectivity index (χ4n) is 3.64. The molecule has 0 heterocycles. The van der Waals surface area contributed by atoms with Crippen LogP contribution in [0.4, 0.5) is 5.69 Å². The molecule has 192 valence electrons. The van der Waals surface area contributed by atoms with E-state index in [0.29, 0.717) is 42.3 Å². The second-order valence-corrected chi connectivity index (χ2v) is 8.47. The van der Waals surface area contributed by atoms with E-state index < -0.39 is 0 Å². The first kappa shape index (κ1) is 28.2. The van der Waals surface area contributed by atoms with Crippen LogP contribution in [0.3, 0.4) is 0 Å². The molecule has 0 aliphatic rings. The average molecular weight is 485 g/mol. The molecule has 0 spiro atoms. The van der Waals surface area contributed by atoms with Crippen molar-refractivity contribution < 1.29 is 23.8 Å². The number of hydrogen-bond donors (Lipinski definition) is 2. The molecule has 0 aliphatic heterocycles. The lowest BCUT2D eigenvalue weighted by Crippen LogP contribution is -2.27. The smallest absolute Gasteiger partial charge is 0.255 e. The zero-order chi connectivity index (χ0) is 25.3. The van der Waals surface area contributed by atoms with Crippen molar-refractivity contribution in [1.82, 2.24) is 5.32 Å². The molecule has 2 amide bonds. The van der Waals surface area contributed by atoms with Gasteiger partial charge in [-0.3, -0.25) is 9.59 Å². The minimum atomic E-state index is -0.296. The van der Waals surface area contributed by atoms with Gasteiger partial charge >= 0.3 is 0 Å². The molecule has 2 aromatic carbocycles. The Labute approximate surface area is 209 Å².